The second-order valence-corrected chi connectivity index (χ2v) is 6.65. The van der Waals surface area contributed by atoms with Gasteiger partial charge >= 0.3 is 0 Å². The second-order valence-electron chi connectivity index (χ2n) is 6.65. The van der Waals surface area contributed by atoms with Crippen molar-refractivity contribution in [1.82, 2.24) is 19.7 Å². The minimum Gasteiger partial charge on any atom is -0.496 e. The Bertz CT molecular complexity index is 765. The third kappa shape index (κ3) is 3.83. The monoisotopic (exact) mass is 344 g/mol. The van der Waals surface area contributed by atoms with Gasteiger partial charge in [-0.3, -0.25) is 14.5 Å². The topological polar surface area (TPSA) is 60.2 Å². The molecule has 0 aromatic carbocycles. The minimum atomic E-state index is -0.0378. The first-order valence-corrected chi connectivity index (χ1v) is 8.61. The van der Waals surface area contributed by atoms with Gasteiger partial charge in [0.2, 0.25) is 0 Å². The van der Waals surface area contributed by atoms with Crippen LogP contribution in [0.4, 0.5) is 0 Å². The Kier molecular flexibility index (Phi) is 5.82. The molecule has 0 aliphatic carbocycles. The number of pyridine rings is 1. The summed E-state index contributed by atoms with van der Waals surface area (Å²) in [6, 6.07) is 0. The standard InChI is InChI=1S/C19H28N4O2/c1-8-23-10-15(17(21-23)12(2)3)19(24)22(6)11-16-14(5)18(25-7)13(4)9-20-16/h9-10,12H,8,11H2,1-7H3. The average molecular weight is 344 g/mol. The summed E-state index contributed by atoms with van der Waals surface area (Å²) < 4.78 is 7.27. The average Bonchev–Trinajstić information content (AvgIpc) is 3.01. The predicted octanol–water partition coefficient (Wildman–Crippen LogP) is 3.32. The van der Waals surface area contributed by atoms with Gasteiger partial charge in [0.25, 0.3) is 5.91 Å². The Balaban J connectivity index is 2.29. The molecule has 0 spiro atoms. The van der Waals surface area contributed by atoms with E-state index in [2.05, 4.69) is 23.9 Å². The molecule has 6 heteroatoms. The second kappa shape index (κ2) is 7.68. The zero-order valence-corrected chi connectivity index (χ0v) is 16.3. The van der Waals surface area contributed by atoms with E-state index in [0.29, 0.717) is 12.1 Å². The minimum absolute atomic E-state index is 0.0378. The maximum absolute atomic E-state index is 12.9. The van der Waals surface area contributed by atoms with Crippen LogP contribution >= 0.6 is 0 Å². The first kappa shape index (κ1) is 19.0. The number of carbonyl (C=O) groups excluding carboxylic acids is 1. The molecule has 0 aliphatic heterocycles. The van der Waals surface area contributed by atoms with E-state index < -0.39 is 0 Å². The van der Waals surface area contributed by atoms with Gasteiger partial charge in [0, 0.05) is 37.1 Å². The first-order valence-electron chi connectivity index (χ1n) is 8.61. The lowest BCUT2D eigenvalue weighted by atomic mass is 10.1. The number of aryl methyl sites for hydroxylation is 2. The van der Waals surface area contributed by atoms with Crippen molar-refractivity contribution >= 4 is 5.91 Å². The molecule has 0 bridgehead atoms. The van der Waals surface area contributed by atoms with Crippen molar-refractivity contribution in [3.63, 3.8) is 0 Å². The number of hydrogen-bond donors (Lipinski definition) is 0. The fourth-order valence-electron chi connectivity index (χ4n) is 2.92. The Morgan fingerprint density at radius 1 is 1.36 bits per heavy atom. The summed E-state index contributed by atoms with van der Waals surface area (Å²) in [5.74, 6) is 0.983. The van der Waals surface area contributed by atoms with Crippen LogP contribution in [-0.4, -0.2) is 39.7 Å². The van der Waals surface area contributed by atoms with Crippen molar-refractivity contribution in [2.45, 2.75) is 53.6 Å². The van der Waals surface area contributed by atoms with E-state index in [1.165, 1.54) is 0 Å². The van der Waals surface area contributed by atoms with Gasteiger partial charge in [-0.15, -0.1) is 0 Å². The fraction of sp³-hybridized carbons (Fsp3) is 0.526. The quantitative estimate of drug-likeness (QED) is 0.806. The summed E-state index contributed by atoms with van der Waals surface area (Å²) in [4.78, 5) is 19.1. The molecular weight excluding hydrogens is 316 g/mol. The van der Waals surface area contributed by atoms with Gasteiger partial charge in [-0.2, -0.15) is 5.10 Å². The van der Waals surface area contributed by atoms with E-state index in [1.807, 2.05) is 31.6 Å². The summed E-state index contributed by atoms with van der Waals surface area (Å²) in [6.45, 7) is 11.2. The SMILES string of the molecule is CCn1cc(C(=O)N(C)Cc2ncc(C)c(OC)c2C)c(C(C)C)n1. The van der Waals surface area contributed by atoms with Crippen LogP contribution in [0.1, 0.15) is 59.6 Å². The van der Waals surface area contributed by atoms with Gasteiger partial charge in [-0.05, 0) is 26.7 Å². The summed E-state index contributed by atoms with van der Waals surface area (Å²) in [6.07, 6.45) is 3.62. The number of amides is 1. The van der Waals surface area contributed by atoms with E-state index in [0.717, 1.165) is 34.8 Å². The molecule has 0 unspecified atom stereocenters. The van der Waals surface area contributed by atoms with E-state index in [9.17, 15) is 4.79 Å². The Labute approximate surface area is 149 Å². The molecule has 0 atom stereocenters. The Morgan fingerprint density at radius 3 is 2.60 bits per heavy atom. The molecule has 136 valence electrons. The smallest absolute Gasteiger partial charge is 0.257 e. The van der Waals surface area contributed by atoms with Crippen LogP contribution in [0.2, 0.25) is 0 Å². The number of hydrogen-bond acceptors (Lipinski definition) is 4. The van der Waals surface area contributed by atoms with Crippen molar-refractivity contribution in [2.24, 2.45) is 0 Å². The molecule has 1 amide bonds. The first-order chi connectivity index (χ1) is 11.8. The largest absolute Gasteiger partial charge is 0.496 e. The molecule has 2 aromatic heterocycles. The number of carbonyl (C=O) groups is 1. The van der Waals surface area contributed by atoms with E-state index in [4.69, 9.17) is 4.74 Å². The predicted molar refractivity (Wildman–Crippen MR) is 98.1 cm³/mol. The van der Waals surface area contributed by atoms with Crippen molar-refractivity contribution in [1.29, 1.82) is 0 Å². The van der Waals surface area contributed by atoms with Crippen molar-refractivity contribution < 1.29 is 9.53 Å². The summed E-state index contributed by atoms with van der Waals surface area (Å²) in [5, 5.41) is 4.53. The molecule has 2 rings (SSSR count). The van der Waals surface area contributed by atoms with E-state index in [1.54, 1.807) is 25.3 Å². The number of aromatic nitrogens is 3. The molecule has 2 aromatic rings. The van der Waals surface area contributed by atoms with Gasteiger partial charge < -0.3 is 9.64 Å². The molecule has 25 heavy (non-hydrogen) atoms. The highest BCUT2D eigenvalue weighted by molar-refractivity contribution is 5.95. The highest BCUT2D eigenvalue weighted by Crippen LogP contribution is 2.25. The lowest BCUT2D eigenvalue weighted by molar-refractivity contribution is 0.0781. The number of rotatable bonds is 6. The van der Waals surface area contributed by atoms with E-state index >= 15 is 0 Å². The van der Waals surface area contributed by atoms with E-state index in [-0.39, 0.29) is 11.8 Å². The molecule has 0 fully saturated rings. The Hall–Kier alpha value is -2.37. The van der Waals surface area contributed by atoms with Crippen LogP contribution in [0.5, 0.6) is 5.75 Å². The zero-order valence-electron chi connectivity index (χ0n) is 16.3. The number of ether oxygens (including phenoxy) is 1. The van der Waals surface area contributed by atoms with Gasteiger partial charge in [0.1, 0.15) is 5.75 Å². The molecule has 0 saturated carbocycles. The molecule has 0 saturated heterocycles. The number of nitrogens with zero attached hydrogens (tertiary/aromatic N) is 4. The van der Waals surface area contributed by atoms with Crippen LogP contribution in [0, 0.1) is 13.8 Å². The lowest BCUT2D eigenvalue weighted by Crippen LogP contribution is -2.27. The molecule has 0 radical (unpaired) electrons. The van der Waals surface area contributed by atoms with Gasteiger partial charge in [0.15, 0.2) is 0 Å². The van der Waals surface area contributed by atoms with Gasteiger partial charge in [-0.1, -0.05) is 13.8 Å². The van der Waals surface area contributed by atoms with Crippen molar-refractivity contribution in [2.75, 3.05) is 14.2 Å². The third-order valence-electron chi connectivity index (χ3n) is 4.37. The highest BCUT2D eigenvalue weighted by atomic mass is 16.5. The zero-order chi connectivity index (χ0) is 18.7. The normalized spacial score (nSPS) is 11.0. The third-order valence-corrected chi connectivity index (χ3v) is 4.37. The fourth-order valence-corrected chi connectivity index (χ4v) is 2.92. The molecular formula is C19H28N4O2. The summed E-state index contributed by atoms with van der Waals surface area (Å²) >= 11 is 0. The molecule has 0 N–H and O–H groups in total. The highest BCUT2D eigenvalue weighted by Gasteiger charge is 2.22. The maximum Gasteiger partial charge on any atom is 0.257 e. The maximum atomic E-state index is 12.9. The molecule has 0 aliphatic rings. The Morgan fingerprint density at radius 2 is 2.04 bits per heavy atom. The molecule has 6 nitrogen and oxygen atoms in total. The summed E-state index contributed by atoms with van der Waals surface area (Å²) in [5.41, 5.74) is 4.30. The van der Waals surface area contributed by atoms with Crippen LogP contribution in [0.15, 0.2) is 12.4 Å². The van der Waals surface area contributed by atoms with Gasteiger partial charge in [0.05, 0.1) is 30.6 Å². The van der Waals surface area contributed by atoms with Crippen LogP contribution in [0.3, 0.4) is 0 Å². The van der Waals surface area contributed by atoms with Gasteiger partial charge in [-0.25, -0.2) is 0 Å². The van der Waals surface area contributed by atoms with Crippen LogP contribution in [0.25, 0.3) is 0 Å². The van der Waals surface area contributed by atoms with Crippen molar-refractivity contribution in [3.8, 4) is 5.75 Å². The van der Waals surface area contributed by atoms with Crippen LogP contribution < -0.4 is 4.74 Å². The number of methoxy groups -OCH3 is 1. The lowest BCUT2D eigenvalue weighted by Gasteiger charge is -2.19. The molecule has 2 heterocycles. The van der Waals surface area contributed by atoms with Crippen molar-refractivity contribution in [3.05, 3.63) is 40.5 Å². The summed E-state index contributed by atoms with van der Waals surface area (Å²) in [7, 11) is 3.45. The van der Waals surface area contributed by atoms with Crippen LogP contribution in [-0.2, 0) is 13.1 Å².